The van der Waals surface area contributed by atoms with E-state index in [0.29, 0.717) is 42.9 Å². The summed E-state index contributed by atoms with van der Waals surface area (Å²) in [6.45, 7) is 1.04. The Hall–Kier alpha value is -2.83. The second kappa shape index (κ2) is 5.36. The van der Waals surface area contributed by atoms with Gasteiger partial charge in [0.05, 0.1) is 11.8 Å². The van der Waals surface area contributed by atoms with Gasteiger partial charge in [0, 0.05) is 31.6 Å². The number of hydrogen-bond acceptors (Lipinski definition) is 5. The number of amides is 1. The Kier molecular flexibility index (Phi) is 3.30. The van der Waals surface area contributed by atoms with Crippen LogP contribution in [-0.2, 0) is 0 Å². The van der Waals surface area contributed by atoms with Crippen molar-refractivity contribution in [2.24, 2.45) is 10.7 Å². The molecule has 1 fully saturated rings. The van der Waals surface area contributed by atoms with Crippen molar-refractivity contribution in [3.63, 3.8) is 0 Å². The molecule has 3 heterocycles. The zero-order chi connectivity index (χ0) is 16.7. The number of anilines is 1. The fourth-order valence-electron chi connectivity index (χ4n) is 3.33. The molecule has 2 aliphatic heterocycles. The molecular weight excluding hydrogens is 311 g/mol. The minimum atomic E-state index is -0.592. The van der Waals surface area contributed by atoms with Gasteiger partial charge in [-0.2, -0.15) is 0 Å². The number of hydrogen-bond donors (Lipinski definition) is 2. The van der Waals surface area contributed by atoms with Crippen molar-refractivity contribution < 1.29 is 13.6 Å². The quantitative estimate of drug-likeness (QED) is 0.840. The molecule has 0 saturated carbocycles. The van der Waals surface area contributed by atoms with E-state index < -0.39 is 5.66 Å². The van der Waals surface area contributed by atoms with E-state index >= 15 is 0 Å². The highest BCUT2D eigenvalue weighted by Crippen LogP contribution is 2.35. The molecular formula is C17H17FN4O2. The lowest BCUT2D eigenvalue weighted by Crippen LogP contribution is -2.52. The van der Waals surface area contributed by atoms with Crippen LogP contribution in [0.25, 0.3) is 0 Å². The zero-order valence-electron chi connectivity index (χ0n) is 13.0. The molecule has 2 aromatic rings. The lowest BCUT2D eigenvalue weighted by molar-refractivity contribution is 0.0653. The molecule has 7 heteroatoms. The first-order valence-corrected chi connectivity index (χ1v) is 7.83. The number of likely N-dealkylation sites (tertiary alicyclic amines) is 1. The summed E-state index contributed by atoms with van der Waals surface area (Å²) in [6, 6.07) is 8.15. The van der Waals surface area contributed by atoms with Crippen LogP contribution in [0.5, 0.6) is 0 Å². The van der Waals surface area contributed by atoms with Crippen LogP contribution in [0.3, 0.4) is 0 Å². The minimum absolute atomic E-state index is 0.131. The molecule has 1 spiro atoms. The third-order valence-electron chi connectivity index (χ3n) is 4.58. The van der Waals surface area contributed by atoms with Crippen LogP contribution in [0, 0.1) is 5.82 Å². The van der Waals surface area contributed by atoms with Crippen LogP contribution in [0.4, 0.5) is 10.1 Å². The normalized spacial score (nSPS) is 18.7. The van der Waals surface area contributed by atoms with Gasteiger partial charge in [0.2, 0.25) is 0 Å². The second-order valence-electron chi connectivity index (χ2n) is 6.09. The number of benzene rings is 1. The summed E-state index contributed by atoms with van der Waals surface area (Å²) in [6.07, 6.45) is 2.67. The Bertz CT molecular complexity index is 808. The van der Waals surface area contributed by atoms with Crippen molar-refractivity contribution in [1.82, 2.24) is 4.90 Å². The fourth-order valence-corrected chi connectivity index (χ4v) is 3.33. The lowest BCUT2D eigenvalue weighted by atomic mass is 9.93. The van der Waals surface area contributed by atoms with Gasteiger partial charge in [0.1, 0.15) is 17.3 Å². The molecule has 1 amide bonds. The Labute approximate surface area is 138 Å². The Morgan fingerprint density at radius 1 is 1.29 bits per heavy atom. The van der Waals surface area contributed by atoms with E-state index in [4.69, 9.17) is 10.2 Å². The summed E-state index contributed by atoms with van der Waals surface area (Å²) >= 11 is 0. The van der Waals surface area contributed by atoms with Crippen molar-refractivity contribution in [2.45, 2.75) is 18.5 Å². The van der Waals surface area contributed by atoms with Gasteiger partial charge in [-0.05, 0) is 24.3 Å². The van der Waals surface area contributed by atoms with Gasteiger partial charge < -0.3 is 20.4 Å². The van der Waals surface area contributed by atoms with Crippen LogP contribution < -0.4 is 11.1 Å². The number of furan rings is 1. The number of halogens is 1. The summed E-state index contributed by atoms with van der Waals surface area (Å²) in [7, 11) is 0. The highest BCUT2D eigenvalue weighted by Gasteiger charge is 2.39. The number of piperidine rings is 1. The minimum Gasteiger partial charge on any atom is -0.459 e. The van der Waals surface area contributed by atoms with Crippen molar-refractivity contribution in [3.05, 3.63) is 53.7 Å². The van der Waals surface area contributed by atoms with E-state index in [1.165, 1.54) is 12.3 Å². The van der Waals surface area contributed by atoms with Crippen molar-refractivity contribution in [2.75, 3.05) is 18.4 Å². The number of rotatable bonds is 1. The molecule has 24 heavy (non-hydrogen) atoms. The van der Waals surface area contributed by atoms with Gasteiger partial charge in [-0.25, -0.2) is 9.38 Å². The highest BCUT2D eigenvalue weighted by atomic mass is 19.1. The first-order valence-electron chi connectivity index (χ1n) is 7.83. The standard InChI is InChI=1S/C17H17FN4O2/c18-11-3-1-4-12-14(11)15(19)21-17(20-12)6-8-22(9-7-17)16(23)13-5-2-10-24-13/h1-5,10,20H,6-9H2,(H2,19,21). The molecule has 0 radical (unpaired) electrons. The molecule has 124 valence electrons. The maximum atomic E-state index is 13.9. The monoisotopic (exact) mass is 328 g/mol. The molecule has 1 aromatic heterocycles. The second-order valence-corrected chi connectivity index (χ2v) is 6.09. The number of nitrogens with one attached hydrogen (secondary N) is 1. The molecule has 3 N–H and O–H groups in total. The number of aliphatic imine (C=N–C) groups is 1. The van der Waals surface area contributed by atoms with Gasteiger partial charge in [-0.15, -0.1) is 0 Å². The number of nitrogens with zero attached hydrogens (tertiary/aromatic N) is 2. The molecule has 1 aromatic carbocycles. The summed E-state index contributed by atoms with van der Waals surface area (Å²) in [5, 5.41) is 3.31. The lowest BCUT2D eigenvalue weighted by Gasteiger charge is -2.42. The molecule has 1 saturated heterocycles. The molecule has 0 bridgehead atoms. The summed E-state index contributed by atoms with van der Waals surface area (Å²) < 4.78 is 19.1. The van der Waals surface area contributed by atoms with E-state index in [2.05, 4.69) is 10.3 Å². The van der Waals surface area contributed by atoms with Gasteiger partial charge in [-0.3, -0.25) is 4.79 Å². The fraction of sp³-hybridized carbons (Fsp3) is 0.294. The maximum absolute atomic E-state index is 13.9. The first-order chi connectivity index (χ1) is 11.6. The van der Waals surface area contributed by atoms with Gasteiger partial charge >= 0.3 is 0 Å². The van der Waals surface area contributed by atoms with E-state index in [0.717, 1.165) is 0 Å². The Morgan fingerprint density at radius 2 is 2.08 bits per heavy atom. The molecule has 6 nitrogen and oxygen atoms in total. The van der Waals surface area contributed by atoms with Gasteiger partial charge in [0.15, 0.2) is 5.76 Å². The van der Waals surface area contributed by atoms with Crippen molar-refractivity contribution in [1.29, 1.82) is 0 Å². The van der Waals surface area contributed by atoms with Crippen LogP contribution >= 0.6 is 0 Å². The van der Waals surface area contributed by atoms with E-state index in [-0.39, 0.29) is 17.6 Å². The van der Waals surface area contributed by atoms with E-state index in [9.17, 15) is 9.18 Å². The average Bonchev–Trinajstić information content (AvgIpc) is 3.09. The van der Waals surface area contributed by atoms with Crippen LogP contribution in [0.15, 0.2) is 46.0 Å². The largest absolute Gasteiger partial charge is 0.459 e. The number of carbonyl (C=O) groups excluding carboxylic acids is 1. The number of nitrogens with two attached hydrogens (primary N) is 1. The van der Waals surface area contributed by atoms with Crippen molar-refractivity contribution in [3.8, 4) is 0 Å². The third kappa shape index (κ3) is 2.33. The third-order valence-corrected chi connectivity index (χ3v) is 4.58. The molecule has 0 atom stereocenters. The Balaban J connectivity index is 1.54. The average molecular weight is 328 g/mol. The van der Waals surface area contributed by atoms with Crippen LogP contribution in [-0.4, -0.2) is 35.4 Å². The van der Waals surface area contributed by atoms with Gasteiger partial charge in [0.25, 0.3) is 5.91 Å². The Morgan fingerprint density at radius 3 is 2.79 bits per heavy atom. The zero-order valence-corrected chi connectivity index (χ0v) is 13.0. The molecule has 0 unspecified atom stereocenters. The van der Waals surface area contributed by atoms with E-state index in [1.807, 2.05) is 0 Å². The molecule has 0 aliphatic carbocycles. The molecule has 4 rings (SSSR count). The number of fused-ring (bicyclic) bond motifs is 1. The topological polar surface area (TPSA) is 83.9 Å². The van der Waals surface area contributed by atoms with Gasteiger partial charge in [-0.1, -0.05) is 6.07 Å². The molecule has 2 aliphatic rings. The maximum Gasteiger partial charge on any atom is 0.289 e. The summed E-state index contributed by atoms with van der Waals surface area (Å²) in [4.78, 5) is 18.6. The summed E-state index contributed by atoms with van der Waals surface area (Å²) in [5.41, 5.74) is 6.37. The van der Waals surface area contributed by atoms with Crippen LogP contribution in [0.1, 0.15) is 29.0 Å². The van der Waals surface area contributed by atoms with Crippen molar-refractivity contribution >= 4 is 17.4 Å². The van der Waals surface area contributed by atoms with E-state index in [1.54, 1.807) is 29.2 Å². The number of amidine groups is 1. The first kappa shape index (κ1) is 14.7. The number of carbonyl (C=O) groups is 1. The highest BCUT2D eigenvalue weighted by molar-refractivity contribution is 6.04. The predicted molar refractivity (Wildman–Crippen MR) is 87.3 cm³/mol. The predicted octanol–water partition coefficient (Wildman–Crippen LogP) is 2.18. The van der Waals surface area contributed by atoms with Crippen LogP contribution in [0.2, 0.25) is 0 Å². The SMILES string of the molecule is NC1=NC2(CCN(C(=O)c3ccco3)CC2)Nc2cccc(F)c21. The smallest absolute Gasteiger partial charge is 0.289 e. The summed E-state index contributed by atoms with van der Waals surface area (Å²) in [5.74, 6) is 0.0150.